The second-order valence-corrected chi connectivity index (χ2v) is 9.69. The predicted octanol–water partition coefficient (Wildman–Crippen LogP) is 1.99. The second-order valence-electron chi connectivity index (χ2n) is 7.54. The van der Waals surface area contributed by atoms with E-state index < -0.39 is 23.2 Å². The Balaban J connectivity index is 1.70. The highest BCUT2D eigenvalue weighted by Crippen LogP contribution is 2.42. The van der Waals surface area contributed by atoms with Crippen molar-refractivity contribution in [1.29, 1.82) is 0 Å². The molecule has 1 aliphatic rings. The number of allylic oxidation sites excluding steroid dienone is 2. The first kappa shape index (κ1) is 25.5. The quantitative estimate of drug-likeness (QED) is 0.252. The van der Waals surface area contributed by atoms with Gasteiger partial charge in [-0.3, -0.25) is 9.59 Å². The average Bonchev–Trinajstić information content (AvgIpc) is 3.54. The summed E-state index contributed by atoms with van der Waals surface area (Å²) in [6.07, 6.45) is 10.3. The third-order valence-corrected chi connectivity index (χ3v) is 7.70. The van der Waals surface area contributed by atoms with E-state index in [2.05, 4.69) is 11.8 Å². The van der Waals surface area contributed by atoms with Crippen molar-refractivity contribution in [1.82, 2.24) is 0 Å². The Hall–Kier alpha value is -3.08. The highest BCUT2D eigenvalue weighted by atomic mass is 32.1. The van der Waals surface area contributed by atoms with E-state index in [1.807, 2.05) is 36.0 Å². The van der Waals surface area contributed by atoms with Gasteiger partial charge < -0.3 is 24.4 Å². The van der Waals surface area contributed by atoms with Gasteiger partial charge in [-0.2, -0.15) is 0 Å². The van der Waals surface area contributed by atoms with Crippen LogP contribution in [0.15, 0.2) is 30.0 Å². The number of likely N-dealkylation sites (N-methyl/N-ethyl adjacent to an activating group) is 2. The average molecular weight is 498 g/mol. The summed E-state index contributed by atoms with van der Waals surface area (Å²) in [5.74, 6) is 1.88. The van der Waals surface area contributed by atoms with Gasteiger partial charge in [0.2, 0.25) is 0 Å². The summed E-state index contributed by atoms with van der Waals surface area (Å²) in [5.41, 5.74) is -0.0331. The molecule has 178 valence electrons. The minimum absolute atomic E-state index is 0.0331. The zero-order valence-electron chi connectivity index (χ0n) is 19.0. The topological polar surface area (TPSA) is 82.1 Å². The summed E-state index contributed by atoms with van der Waals surface area (Å²) >= 11 is 2.62. The van der Waals surface area contributed by atoms with Crippen LogP contribution in [0.2, 0.25) is 0 Å². The van der Waals surface area contributed by atoms with Gasteiger partial charge in [-0.05, 0) is 24.3 Å². The van der Waals surface area contributed by atoms with Crippen LogP contribution in [0.3, 0.4) is 0 Å². The highest BCUT2D eigenvalue weighted by Gasteiger charge is 2.40. The summed E-state index contributed by atoms with van der Waals surface area (Å²) in [7, 11) is 3.77. The third kappa shape index (κ3) is 5.69. The normalized spacial score (nSPS) is 15.5. The Morgan fingerprint density at radius 3 is 2.06 bits per heavy atom. The van der Waals surface area contributed by atoms with E-state index in [4.69, 9.17) is 22.3 Å². The molecule has 9 heteroatoms. The fourth-order valence-electron chi connectivity index (χ4n) is 3.38. The van der Waals surface area contributed by atoms with Gasteiger partial charge in [0.1, 0.15) is 19.1 Å². The zero-order chi connectivity index (χ0) is 24.7. The molecule has 2 aromatic rings. The molecule has 1 aliphatic carbocycles. The summed E-state index contributed by atoms with van der Waals surface area (Å²) in [6, 6.07) is 7.11. The summed E-state index contributed by atoms with van der Waals surface area (Å²) in [4.78, 5) is 31.0. The number of Topliss-reactive ketones (excluding diaryl/α,β-unsaturated/α-hetero) is 2. The maximum Gasteiger partial charge on any atom is 0.179 e. The van der Waals surface area contributed by atoms with Gasteiger partial charge in [0.15, 0.2) is 11.6 Å². The van der Waals surface area contributed by atoms with Crippen molar-refractivity contribution in [3.8, 4) is 24.7 Å². The predicted molar refractivity (Wildman–Crippen MR) is 134 cm³/mol. The van der Waals surface area contributed by atoms with E-state index >= 15 is 0 Å². The standard InChI is InChI=1S/C25H26N2O5S2/c1-5-13-31-15-11-26(3)19-9-7-17(33-19)21-23(28)22(25(30)24(21)29)18-8-10-20(34-18)27(4)12-16-32-14-6-2/h1-2,7-10,21,30H,11-16H2,3-4H3/p-1. The largest absolute Gasteiger partial charge is 0.870 e. The van der Waals surface area contributed by atoms with E-state index in [-0.39, 0.29) is 18.8 Å². The minimum atomic E-state index is -1.09. The van der Waals surface area contributed by atoms with Gasteiger partial charge in [0, 0.05) is 42.5 Å². The number of hydrogen-bond acceptors (Lipinski definition) is 9. The smallest absolute Gasteiger partial charge is 0.179 e. The molecule has 3 rings (SSSR count). The van der Waals surface area contributed by atoms with Crippen LogP contribution in [-0.2, 0) is 19.1 Å². The Kier molecular flexibility index (Phi) is 8.91. The lowest BCUT2D eigenvalue weighted by Gasteiger charge is -2.16. The summed E-state index contributed by atoms with van der Waals surface area (Å²) in [5, 5.41) is 14.5. The van der Waals surface area contributed by atoms with Crippen molar-refractivity contribution in [3.63, 3.8) is 0 Å². The van der Waals surface area contributed by atoms with Crippen molar-refractivity contribution in [2.75, 3.05) is 63.4 Å². The van der Waals surface area contributed by atoms with Gasteiger partial charge in [-0.25, -0.2) is 0 Å². The van der Waals surface area contributed by atoms with E-state index in [1.165, 1.54) is 22.7 Å². The van der Waals surface area contributed by atoms with Crippen molar-refractivity contribution in [3.05, 3.63) is 39.8 Å². The fourth-order valence-corrected chi connectivity index (χ4v) is 5.51. The van der Waals surface area contributed by atoms with Crippen LogP contribution in [0.1, 0.15) is 15.7 Å². The van der Waals surface area contributed by atoms with E-state index in [1.54, 1.807) is 12.1 Å². The Labute approximate surface area is 207 Å². The number of terminal acetylenes is 2. The van der Waals surface area contributed by atoms with Crippen molar-refractivity contribution in [2.24, 2.45) is 0 Å². The van der Waals surface area contributed by atoms with Crippen LogP contribution in [0.5, 0.6) is 0 Å². The number of ether oxygens (including phenoxy) is 2. The number of ketones is 2. The molecule has 2 heterocycles. The number of nitrogens with zero attached hydrogens (tertiary/aromatic N) is 2. The first-order chi connectivity index (χ1) is 16.4. The summed E-state index contributed by atoms with van der Waals surface area (Å²) < 4.78 is 10.6. The lowest BCUT2D eigenvalue weighted by atomic mass is 10.0. The van der Waals surface area contributed by atoms with E-state index in [9.17, 15) is 14.7 Å². The minimum Gasteiger partial charge on any atom is -0.870 e. The van der Waals surface area contributed by atoms with Gasteiger partial charge in [0.25, 0.3) is 0 Å². The maximum absolute atomic E-state index is 13.2. The molecule has 7 nitrogen and oxygen atoms in total. The number of anilines is 2. The van der Waals surface area contributed by atoms with Crippen LogP contribution in [0.4, 0.5) is 10.0 Å². The molecule has 0 saturated carbocycles. The van der Waals surface area contributed by atoms with Gasteiger partial charge in [-0.1, -0.05) is 17.6 Å². The Morgan fingerprint density at radius 1 is 0.912 bits per heavy atom. The number of carbonyl (C=O) groups excluding carboxylic acids is 2. The molecule has 2 aromatic heterocycles. The van der Waals surface area contributed by atoms with Crippen LogP contribution in [0.25, 0.3) is 5.57 Å². The fraction of sp³-hybridized carbons (Fsp3) is 0.360. The van der Waals surface area contributed by atoms with E-state index in [0.717, 1.165) is 10.0 Å². The number of rotatable bonds is 12. The van der Waals surface area contributed by atoms with E-state index in [0.29, 0.717) is 36.1 Å². The van der Waals surface area contributed by atoms with Crippen molar-refractivity contribution >= 4 is 49.8 Å². The molecule has 0 saturated heterocycles. The molecule has 0 aliphatic heterocycles. The number of thiophene rings is 2. The number of hydrogen-bond donors (Lipinski definition) is 0. The van der Waals surface area contributed by atoms with Gasteiger partial charge in [0.05, 0.1) is 23.2 Å². The van der Waals surface area contributed by atoms with Crippen LogP contribution < -0.4 is 14.9 Å². The zero-order valence-corrected chi connectivity index (χ0v) is 20.7. The monoisotopic (exact) mass is 497 g/mol. The van der Waals surface area contributed by atoms with Crippen molar-refractivity contribution < 1.29 is 24.2 Å². The Bertz CT molecular complexity index is 1150. The number of carbonyl (C=O) groups is 2. The molecular weight excluding hydrogens is 472 g/mol. The lowest BCUT2D eigenvalue weighted by molar-refractivity contribution is -0.296. The molecule has 1 unspecified atom stereocenters. The lowest BCUT2D eigenvalue weighted by Crippen LogP contribution is -2.21. The molecule has 0 N–H and O–H groups in total. The third-order valence-electron chi connectivity index (χ3n) is 5.22. The van der Waals surface area contributed by atoms with Gasteiger partial charge in [-0.15, -0.1) is 35.5 Å². The van der Waals surface area contributed by atoms with Crippen LogP contribution in [-0.4, -0.2) is 65.2 Å². The first-order valence-corrected chi connectivity index (χ1v) is 12.2. The summed E-state index contributed by atoms with van der Waals surface area (Å²) in [6.45, 7) is 2.59. The molecule has 0 amide bonds. The Morgan fingerprint density at radius 2 is 1.47 bits per heavy atom. The van der Waals surface area contributed by atoms with Crippen LogP contribution >= 0.6 is 22.7 Å². The molecule has 0 aromatic carbocycles. The molecule has 0 spiro atoms. The molecule has 34 heavy (non-hydrogen) atoms. The van der Waals surface area contributed by atoms with Gasteiger partial charge >= 0.3 is 0 Å². The molecule has 0 radical (unpaired) electrons. The maximum atomic E-state index is 13.2. The molecular formula is C25H25N2O5S2-. The van der Waals surface area contributed by atoms with Crippen LogP contribution in [0, 0.1) is 24.7 Å². The first-order valence-electron chi connectivity index (χ1n) is 10.5. The molecule has 0 bridgehead atoms. The SMILES string of the molecule is C#CCOCCN(C)c1ccc(C2=C([O-])C(=O)C(c3ccc(N(C)CCOCC#C)s3)C2=O)s1. The highest BCUT2D eigenvalue weighted by molar-refractivity contribution is 7.18. The molecule has 0 fully saturated rings. The molecule has 1 atom stereocenters. The second kappa shape index (κ2) is 11.9. The van der Waals surface area contributed by atoms with Crippen molar-refractivity contribution in [2.45, 2.75) is 5.92 Å².